The number of nitrogens with one attached hydrogen (secondary N) is 2. The lowest BCUT2D eigenvalue weighted by Gasteiger charge is -2.21. The van der Waals surface area contributed by atoms with Crippen molar-refractivity contribution in [2.24, 2.45) is 0 Å². The number of anilines is 2. The van der Waals surface area contributed by atoms with E-state index in [0.717, 1.165) is 36.3 Å². The van der Waals surface area contributed by atoms with Crippen molar-refractivity contribution in [3.8, 4) is 0 Å². The molecule has 0 aromatic heterocycles. The molecule has 0 radical (unpaired) electrons. The molecule has 1 aliphatic heterocycles. The van der Waals surface area contributed by atoms with Gasteiger partial charge >= 0.3 is 6.09 Å². The van der Waals surface area contributed by atoms with E-state index < -0.39 is 6.09 Å². The molecule has 0 fully saturated rings. The van der Waals surface area contributed by atoms with Gasteiger partial charge in [-0.25, -0.2) is 4.79 Å². The Hall–Kier alpha value is -2.86. The minimum atomic E-state index is -0.505. The number of nitrogens with zero attached hydrogens (tertiary/aromatic N) is 1. The van der Waals surface area contributed by atoms with Gasteiger partial charge in [-0.05, 0) is 56.3 Å². The van der Waals surface area contributed by atoms with Crippen LogP contribution in [-0.2, 0) is 9.53 Å². The second-order valence-corrected chi connectivity index (χ2v) is 7.08. The first-order valence-corrected chi connectivity index (χ1v) is 10.2. The van der Waals surface area contributed by atoms with E-state index in [1.165, 1.54) is 0 Å². The molecule has 0 saturated carbocycles. The first-order valence-electron chi connectivity index (χ1n) is 10.2. The number of allylic oxidation sites excluding steroid dienone is 2. The number of ketones is 1. The third-order valence-corrected chi connectivity index (χ3v) is 5.23. The summed E-state index contributed by atoms with van der Waals surface area (Å²) in [4.78, 5) is 27.2. The molecule has 1 aromatic carbocycles. The van der Waals surface area contributed by atoms with Crippen molar-refractivity contribution in [3.63, 3.8) is 0 Å². The van der Waals surface area contributed by atoms with Crippen LogP contribution in [0.3, 0.4) is 0 Å². The molecule has 0 bridgehead atoms. The molecule has 6 heteroatoms. The molecule has 1 heterocycles. The van der Waals surface area contributed by atoms with Gasteiger partial charge in [0.15, 0.2) is 5.78 Å². The van der Waals surface area contributed by atoms with Crippen molar-refractivity contribution < 1.29 is 14.3 Å². The van der Waals surface area contributed by atoms with Gasteiger partial charge in [-0.2, -0.15) is 0 Å². The van der Waals surface area contributed by atoms with Crippen LogP contribution in [0, 0.1) is 0 Å². The summed E-state index contributed by atoms with van der Waals surface area (Å²) in [6, 6.07) is 5.71. The predicted octanol–water partition coefficient (Wildman–Crippen LogP) is 4.23. The zero-order valence-corrected chi connectivity index (χ0v) is 17.3. The Bertz CT molecular complexity index is 866. The Morgan fingerprint density at radius 3 is 2.76 bits per heavy atom. The summed E-state index contributed by atoms with van der Waals surface area (Å²) >= 11 is 0. The summed E-state index contributed by atoms with van der Waals surface area (Å²) in [5.41, 5.74) is 4.04. The second kappa shape index (κ2) is 9.56. The Labute approximate surface area is 172 Å². The maximum Gasteiger partial charge on any atom is 0.411 e. The third-order valence-electron chi connectivity index (χ3n) is 5.23. The number of ether oxygens (including phenoxy) is 1. The summed E-state index contributed by atoms with van der Waals surface area (Å²) in [7, 11) is 0. The fourth-order valence-corrected chi connectivity index (χ4v) is 3.59. The van der Waals surface area contributed by atoms with Gasteiger partial charge in [0.2, 0.25) is 0 Å². The predicted molar refractivity (Wildman–Crippen MR) is 117 cm³/mol. The zero-order chi connectivity index (χ0) is 20.8. The van der Waals surface area contributed by atoms with Gasteiger partial charge in [0, 0.05) is 22.5 Å². The molecule has 6 nitrogen and oxygen atoms in total. The van der Waals surface area contributed by atoms with Crippen LogP contribution in [-0.4, -0.2) is 49.1 Å². The van der Waals surface area contributed by atoms with E-state index in [2.05, 4.69) is 41.5 Å². The molecule has 1 atom stereocenters. The lowest BCUT2D eigenvalue weighted by atomic mass is 9.95. The van der Waals surface area contributed by atoms with Crippen molar-refractivity contribution >= 4 is 28.8 Å². The molecular formula is C23H29N3O3. The summed E-state index contributed by atoms with van der Waals surface area (Å²) < 4.78 is 4.98. The van der Waals surface area contributed by atoms with Crippen molar-refractivity contribution in [1.29, 1.82) is 0 Å². The molecule has 2 N–H and O–H groups in total. The number of amides is 1. The van der Waals surface area contributed by atoms with Crippen LogP contribution in [0.15, 0.2) is 48.1 Å². The average Bonchev–Trinajstić information content (AvgIpc) is 2.88. The molecule has 154 valence electrons. The fraction of sp³-hybridized carbons (Fsp3) is 0.391. The standard InChI is InChI=1S/C23H29N3O3/c1-4-26(5-2)15-22(27)19-13-16-9-7-8-10-20(16)25-21-12-11-17(14-18(19)21)24-23(28)29-6-3/h7-9,11-14,20,25H,4-6,10,15H2,1-3H3,(H,24,28). The first-order chi connectivity index (χ1) is 14.0. The van der Waals surface area contributed by atoms with E-state index in [1.807, 2.05) is 30.4 Å². The smallest absolute Gasteiger partial charge is 0.411 e. The number of rotatable bonds is 7. The van der Waals surface area contributed by atoms with Crippen LogP contribution >= 0.6 is 0 Å². The van der Waals surface area contributed by atoms with Gasteiger partial charge in [0.1, 0.15) is 0 Å². The van der Waals surface area contributed by atoms with Gasteiger partial charge < -0.3 is 10.1 Å². The van der Waals surface area contributed by atoms with Gasteiger partial charge in [0.25, 0.3) is 0 Å². The normalized spacial score (nSPS) is 17.3. The highest BCUT2D eigenvalue weighted by Gasteiger charge is 2.25. The number of benzene rings is 1. The van der Waals surface area contributed by atoms with E-state index in [1.54, 1.807) is 6.92 Å². The van der Waals surface area contributed by atoms with Gasteiger partial charge in [0.05, 0.1) is 19.2 Å². The summed E-state index contributed by atoms with van der Waals surface area (Å²) in [5.74, 6) is 0.0705. The Morgan fingerprint density at radius 1 is 1.24 bits per heavy atom. The van der Waals surface area contributed by atoms with Crippen LogP contribution in [0.25, 0.3) is 5.57 Å². The maximum absolute atomic E-state index is 13.3. The monoisotopic (exact) mass is 395 g/mol. The zero-order valence-electron chi connectivity index (χ0n) is 17.3. The van der Waals surface area contributed by atoms with Crippen LogP contribution in [0.4, 0.5) is 16.2 Å². The average molecular weight is 396 g/mol. The van der Waals surface area contributed by atoms with Crippen molar-refractivity contribution in [2.45, 2.75) is 33.2 Å². The fourth-order valence-electron chi connectivity index (χ4n) is 3.59. The summed E-state index contributed by atoms with van der Waals surface area (Å²) in [6.45, 7) is 8.17. The molecule has 0 spiro atoms. The highest BCUT2D eigenvalue weighted by molar-refractivity contribution is 6.24. The molecule has 1 aliphatic carbocycles. The highest BCUT2D eigenvalue weighted by Crippen LogP contribution is 2.35. The molecule has 29 heavy (non-hydrogen) atoms. The molecule has 1 amide bonds. The van der Waals surface area contributed by atoms with Gasteiger partial charge in [-0.1, -0.05) is 32.1 Å². The number of Topliss-reactive ketones (excluding diaryl/α,β-unsaturated/α-hetero) is 1. The SMILES string of the molecule is CCOC(=O)Nc1ccc2c(c1)C(C(=O)CN(CC)CC)=CC1=CC=CCC1N2. The molecule has 3 rings (SSSR count). The summed E-state index contributed by atoms with van der Waals surface area (Å²) in [6.07, 6.45) is 8.55. The minimum Gasteiger partial charge on any atom is -0.450 e. The Balaban J connectivity index is 2.00. The van der Waals surface area contributed by atoms with Crippen LogP contribution < -0.4 is 10.6 Å². The highest BCUT2D eigenvalue weighted by atomic mass is 16.5. The van der Waals surface area contributed by atoms with E-state index in [4.69, 9.17) is 4.74 Å². The van der Waals surface area contributed by atoms with Crippen molar-refractivity contribution in [1.82, 2.24) is 4.90 Å². The number of fused-ring (bicyclic) bond motifs is 2. The Morgan fingerprint density at radius 2 is 2.03 bits per heavy atom. The number of hydrogen-bond donors (Lipinski definition) is 2. The molecular weight excluding hydrogens is 366 g/mol. The second-order valence-electron chi connectivity index (χ2n) is 7.08. The van der Waals surface area contributed by atoms with Crippen molar-refractivity contribution in [2.75, 3.05) is 36.9 Å². The van der Waals surface area contributed by atoms with Gasteiger partial charge in [-0.15, -0.1) is 0 Å². The molecule has 1 aromatic rings. The number of hydrogen-bond acceptors (Lipinski definition) is 5. The van der Waals surface area contributed by atoms with E-state index >= 15 is 0 Å². The quantitative estimate of drug-likeness (QED) is 0.723. The largest absolute Gasteiger partial charge is 0.450 e. The Kier molecular flexibility index (Phi) is 6.88. The van der Waals surface area contributed by atoms with Gasteiger partial charge in [-0.3, -0.25) is 15.0 Å². The minimum absolute atomic E-state index is 0.0705. The topological polar surface area (TPSA) is 70.7 Å². The van der Waals surface area contributed by atoms with E-state index in [0.29, 0.717) is 24.4 Å². The number of carbonyl (C=O) groups excluding carboxylic acids is 2. The van der Waals surface area contributed by atoms with E-state index in [9.17, 15) is 9.59 Å². The molecule has 2 aliphatic rings. The van der Waals surface area contributed by atoms with Crippen LogP contribution in [0.1, 0.15) is 32.8 Å². The lowest BCUT2D eigenvalue weighted by molar-refractivity contribution is -0.114. The first kappa shape index (κ1) is 20.9. The molecule has 0 saturated heterocycles. The molecule has 1 unspecified atom stereocenters. The lowest BCUT2D eigenvalue weighted by Crippen LogP contribution is -2.30. The maximum atomic E-state index is 13.3. The van der Waals surface area contributed by atoms with Crippen LogP contribution in [0.5, 0.6) is 0 Å². The van der Waals surface area contributed by atoms with Crippen molar-refractivity contribution in [3.05, 3.63) is 53.6 Å². The number of likely N-dealkylation sites (N-methyl/N-ethyl adjacent to an activating group) is 1. The van der Waals surface area contributed by atoms with E-state index in [-0.39, 0.29) is 11.8 Å². The third kappa shape index (κ3) is 4.95. The van der Waals surface area contributed by atoms with Crippen LogP contribution in [0.2, 0.25) is 0 Å². The number of carbonyl (C=O) groups is 2. The summed E-state index contributed by atoms with van der Waals surface area (Å²) in [5, 5.41) is 6.29.